The summed E-state index contributed by atoms with van der Waals surface area (Å²) in [6.45, 7) is 2.00. The van der Waals surface area contributed by atoms with E-state index >= 15 is 0 Å². The molecule has 2 saturated heterocycles. The molecular formula is C16H14O5S2. The number of benzene rings is 1. The number of cyclic esters (lactones) is 2. The van der Waals surface area contributed by atoms with Gasteiger partial charge in [0.15, 0.2) is 5.57 Å². The van der Waals surface area contributed by atoms with E-state index in [1.807, 2.05) is 19.1 Å². The Morgan fingerprint density at radius 2 is 1.74 bits per heavy atom. The fraction of sp³-hybridized carbons (Fsp3) is 0.375. The number of thioether (sulfide) groups is 2. The smallest absolute Gasteiger partial charge is 0.350 e. The van der Waals surface area contributed by atoms with Gasteiger partial charge in [-0.15, -0.1) is 23.5 Å². The van der Waals surface area contributed by atoms with Crippen LogP contribution < -0.4 is 4.74 Å². The molecule has 4 rings (SSSR count). The van der Waals surface area contributed by atoms with Gasteiger partial charge in [0.1, 0.15) is 11.9 Å². The highest BCUT2D eigenvalue weighted by atomic mass is 32.2. The maximum atomic E-state index is 12.2. The lowest BCUT2D eigenvalue weighted by atomic mass is 10.1. The van der Waals surface area contributed by atoms with E-state index in [-0.39, 0.29) is 11.7 Å². The van der Waals surface area contributed by atoms with Crippen molar-refractivity contribution >= 4 is 35.5 Å². The molecule has 0 bridgehead atoms. The normalized spacial score (nSPS) is 26.7. The van der Waals surface area contributed by atoms with E-state index in [0.717, 1.165) is 29.2 Å². The predicted molar refractivity (Wildman–Crippen MR) is 87.1 cm³/mol. The summed E-state index contributed by atoms with van der Waals surface area (Å²) in [5.41, 5.74) is 1.72. The fourth-order valence-electron chi connectivity index (χ4n) is 2.77. The van der Waals surface area contributed by atoms with Crippen LogP contribution in [0.2, 0.25) is 0 Å². The topological polar surface area (TPSA) is 61.8 Å². The first-order valence-corrected chi connectivity index (χ1v) is 9.30. The number of hydrogen-bond donors (Lipinski definition) is 0. The van der Waals surface area contributed by atoms with Gasteiger partial charge in [-0.3, -0.25) is 0 Å². The minimum atomic E-state index is -0.989. The molecule has 0 aliphatic carbocycles. The fourth-order valence-corrected chi connectivity index (χ4v) is 5.26. The van der Waals surface area contributed by atoms with E-state index in [2.05, 4.69) is 0 Å². The molecule has 0 radical (unpaired) electrons. The zero-order valence-corrected chi connectivity index (χ0v) is 14.0. The average molecular weight is 350 g/mol. The monoisotopic (exact) mass is 350 g/mol. The molecular weight excluding hydrogens is 336 g/mol. The Morgan fingerprint density at radius 1 is 1.04 bits per heavy atom. The molecule has 1 aromatic rings. The van der Waals surface area contributed by atoms with Crippen molar-refractivity contribution in [1.29, 1.82) is 0 Å². The number of esters is 2. The van der Waals surface area contributed by atoms with Crippen molar-refractivity contribution in [2.45, 2.75) is 25.7 Å². The summed E-state index contributed by atoms with van der Waals surface area (Å²) in [6, 6.07) is 5.47. The molecule has 3 heterocycles. The third-order valence-electron chi connectivity index (χ3n) is 3.78. The molecule has 3 aliphatic heterocycles. The zero-order valence-electron chi connectivity index (χ0n) is 12.4. The Bertz CT molecular complexity index is 699. The van der Waals surface area contributed by atoms with E-state index in [4.69, 9.17) is 14.2 Å². The molecule has 0 aromatic heterocycles. The van der Waals surface area contributed by atoms with Gasteiger partial charge in [-0.1, -0.05) is 0 Å². The van der Waals surface area contributed by atoms with Gasteiger partial charge >= 0.3 is 11.9 Å². The van der Waals surface area contributed by atoms with Gasteiger partial charge in [0.05, 0.1) is 4.24 Å². The second kappa shape index (κ2) is 5.79. The lowest BCUT2D eigenvalue weighted by molar-refractivity contribution is -0.195. The first kappa shape index (κ1) is 15.0. The van der Waals surface area contributed by atoms with Gasteiger partial charge in [0.2, 0.25) is 0 Å². The first-order chi connectivity index (χ1) is 11.1. The number of ether oxygens (including phenoxy) is 3. The molecule has 120 valence electrons. The molecule has 0 saturated carbocycles. The Hall–Kier alpha value is -1.60. The highest BCUT2D eigenvalue weighted by molar-refractivity contribution is 8.25. The Balaban J connectivity index is 1.59. The molecule has 1 unspecified atom stereocenters. The summed E-state index contributed by atoms with van der Waals surface area (Å²) >= 11 is 2.99. The Kier molecular flexibility index (Phi) is 3.77. The van der Waals surface area contributed by atoms with Crippen LogP contribution in [0.15, 0.2) is 28.0 Å². The van der Waals surface area contributed by atoms with Gasteiger partial charge < -0.3 is 14.2 Å². The van der Waals surface area contributed by atoms with Crippen molar-refractivity contribution in [3.63, 3.8) is 0 Å². The van der Waals surface area contributed by atoms with Gasteiger partial charge in [0, 0.05) is 23.5 Å². The van der Waals surface area contributed by atoms with Crippen LogP contribution in [0.3, 0.4) is 0 Å². The first-order valence-electron chi connectivity index (χ1n) is 7.33. The van der Waals surface area contributed by atoms with E-state index in [0.29, 0.717) is 9.80 Å². The standard InChI is InChI=1S/C16H14O5S2/c1-8-6-10-7-9(2-3-11(10)19-8)15-20-13(17)12(14(18)21-15)16-22-4-5-23-16/h2-3,7-8,15H,4-6H2,1H3. The van der Waals surface area contributed by atoms with Crippen molar-refractivity contribution in [2.24, 2.45) is 0 Å². The molecule has 1 aromatic carbocycles. The van der Waals surface area contributed by atoms with Crippen molar-refractivity contribution in [3.8, 4) is 5.75 Å². The number of rotatable bonds is 1. The second-order valence-electron chi connectivity index (χ2n) is 5.50. The molecule has 0 amide bonds. The molecule has 3 aliphatic rings. The van der Waals surface area contributed by atoms with Gasteiger partial charge in [-0.05, 0) is 30.7 Å². The van der Waals surface area contributed by atoms with Crippen LogP contribution in [0.5, 0.6) is 5.75 Å². The Morgan fingerprint density at radius 3 is 2.43 bits per heavy atom. The zero-order chi connectivity index (χ0) is 16.0. The number of fused-ring (bicyclic) bond motifs is 1. The van der Waals surface area contributed by atoms with E-state index < -0.39 is 18.2 Å². The summed E-state index contributed by atoms with van der Waals surface area (Å²) in [7, 11) is 0. The van der Waals surface area contributed by atoms with Crippen LogP contribution in [0.4, 0.5) is 0 Å². The minimum Gasteiger partial charge on any atom is -0.490 e. The highest BCUT2D eigenvalue weighted by Crippen LogP contribution is 2.42. The summed E-state index contributed by atoms with van der Waals surface area (Å²) in [5.74, 6) is 1.39. The largest absolute Gasteiger partial charge is 0.490 e. The van der Waals surface area contributed by atoms with E-state index in [1.165, 1.54) is 23.5 Å². The lowest BCUT2D eigenvalue weighted by Gasteiger charge is -2.24. The Labute approximate surface area is 141 Å². The molecule has 2 fully saturated rings. The summed E-state index contributed by atoms with van der Waals surface area (Å²) in [4.78, 5) is 24.5. The maximum absolute atomic E-state index is 12.2. The SMILES string of the molecule is CC1Cc2cc(C3OC(=O)C(=C4SCCS4)C(=O)O3)ccc2O1. The highest BCUT2D eigenvalue weighted by Gasteiger charge is 2.38. The summed E-state index contributed by atoms with van der Waals surface area (Å²) < 4.78 is 17.0. The molecule has 1 atom stereocenters. The van der Waals surface area contributed by atoms with Gasteiger partial charge in [0.25, 0.3) is 6.29 Å². The van der Waals surface area contributed by atoms with Crippen molar-refractivity contribution in [1.82, 2.24) is 0 Å². The van der Waals surface area contributed by atoms with Crippen LogP contribution in [-0.4, -0.2) is 29.5 Å². The van der Waals surface area contributed by atoms with Gasteiger partial charge in [-0.2, -0.15) is 0 Å². The number of hydrogen-bond acceptors (Lipinski definition) is 7. The van der Waals surface area contributed by atoms with Crippen molar-refractivity contribution in [3.05, 3.63) is 39.1 Å². The molecule has 23 heavy (non-hydrogen) atoms. The number of carbonyl (C=O) groups is 2. The molecule has 5 nitrogen and oxygen atoms in total. The van der Waals surface area contributed by atoms with Crippen LogP contribution in [0.1, 0.15) is 24.3 Å². The molecule has 7 heteroatoms. The lowest BCUT2D eigenvalue weighted by Crippen LogP contribution is -2.30. The van der Waals surface area contributed by atoms with Crippen LogP contribution in [0.25, 0.3) is 0 Å². The maximum Gasteiger partial charge on any atom is 0.350 e. The third-order valence-corrected chi connectivity index (χ3v) is 6.50. The summed E-state index contributed by atoms with van der Waals surface area (Å²) in [5, 5.41) is 0. The summed E-state index contributed by atoms with van der Waals surface area (Å²) in [6.07, 6.45) is -0.0678. The minimum absolute atomic E-state index is 0.0341. The second-order valence-corrected chi connectivity index (χ2v) is 7.97. The van der Waals surface area contributed by atoms with Gasteiger partial charge in [-0.25, -0.2) is 9.59 Å². The van der Waals surface area contributed by atoms with Crippen LogP contribution >= 0.6 is 23.5 Å². The van der Waals surface area contributed by atoms with E-state index in [1.54, 1.807) is 6.07 Å². The molecule has 0 N–H and O–H groups in total. The van der Waals surface area contributed by atoms with Crippen LogP contribution in [-0.2, 0) is 25.5 Å². The average Bonchev–Trinajstić information content (AvgIpc) is 3.14. The quantitative estimate of drug-likeness (QED) is 0.438. The number of carbonyl (C=O) groups excluding carboxylic acids is 2. The third kappa shape index (κ3) is 2.72. The van der Waals surface area contributed by atoms with Crippen LogP contribution in [0, 0.1) is 0 Å². The van der Waals surface area contributed by atoms with E-state index in [9.17, 15) is 9.59 Å². The predicted octanol–water partition coefficient (Wildman–Crippen LogP) is 2.80. The van der Waals surface area contributed by atoms with Crippen molar-refractivity contribution < 1.29 is 23.8 Å². The van der Waals surface area contributed by atoms with Crippen molar-refractivity contribution in [2.75, 3.05) is 11.5 Å². The molecule has 0 spiro atoms.